The van der Waals surface area contributed by atoms with Crippen LogP contribution in [0.1, 0.15) is 37.7 Å². The lowest BCUT2D eigenvalue weighted by Gasteiger charge is -2.36. The maximum Gasteiger partial charge on any atom is 0.276 e. The topological polar surface area (TPSA) is 143 Å². The maximum absolute atomic E-state index is 15.5. The zero-order valence-corrected chi connectivity index (χ0v) is 24.0. The third kappa shape index (κ3) is 6.04. The highest BCUT2D eigenvalue weighted by Crippen LogP contribution is 2.46. The van der Waals surface area contributed by atoms with Gasteiger partial charge in [0.1, 0.15) is 11.0 Å². The number of halogens is 3. The average Bonchev–Trinajstić information content (AvgIpc) is 3.30. The summed E-state index contributed by atoms with van der Waals surface area (Å²) in [4.78, 5) is 31.2. The number of carbonyl (C=O) groups excluding carboxylic acids is 2. The van der Waals surface area contributed by atoms with Crippen molar-refractivity contribution in [3.63, 3.8) is 0 Å². The molecule has 2 aromatic rings. The summed E-state index contributed by atoms with van der Waals surface area (Å²) in [6.07, 6.45) is 1.25. The molecule has 0 unspecified atom stereocenters. The van der Waals surface area contributed by atoms with Crippen LogP contribution in [0.3, 0.4) is 0 Å². The molecule has 41 heavy (non-hydrogen) atoms. The molecule has 0 radical (unpaired) electrons. The van der Waals surface area contributed by atoms with Crippen molar-refractivity contribution in [2.45, 2.75) is 49.0 Å². The second-order valence-corrected chi connectivity index (χ2v) is 13.3. The highest BCUT2D eigenvalue weighted by molar-refractivity contribution is 7.89. The first-order chi connectivity index (χ1) is 19.4. The number of primary amides is 1. The van der Waals surface area contributed by atoms with Gasteiger partial charge in [-0.15, -0.1) is 0 Å². The van der Waals surface area contributed by atoms with Crippen LogP contribution in [0.5, 0.6) is 0 Å². The fraction of sp³-hybridized carbons (Fsp3) is 0.519. The van der Waals surface area contributed by atoms with Gasteiger partial charge in [0, 0.05) is 68.3 Å². The Morgan fingerprint density at radius 2 is 1.66 bits per heavy atom. The molecular weight excluding hydrogens is 578 g/mol. The number of alkyl halides is 2. The van der Waals surface area contributed by atoms with E-state index in [0.717, 1.165) is 0 Å². The number of anilines is 2. The van der Waals surface area contributed by atoms with Gasteiger partial charge < -0.3 is 21.3 Å². The van der Waals surface area contributed by atoms with E-state index in [2.05, 4.69) is 4.98 Å². The predicted molar refractivity (Wildman–Crippen MR) is 150 cm³/mol. The zero-order chi connectivity index (χ0) is 29.5. The second kappa shape index (κ2) is 11.4. The molecule has 4 N–H and O–H groups in total. The Hall–Kier alpha value is -2.87. The molecule has 5 rings (SSSR count). The molecule has 1 aromatic carbocycles. The molecular formula is C27H33ClF2N6O4S. The van der Waals surface area contributed by atoms with Gasteiger partial charge in [0.05, 0.1) is 4.90 Å². The minimum atomic E-state index is -3.82. The van der Waals surface area contributed by atoms with Crippen LogP contribution >= 0.6 is 11.6 Å². The van der Waals surface area contributed by atoms with Crippen molar-refractivity contribution < 1.29 is 26.8 Å². The molecule has 1 aromatic heterocycles. The molecule has 2 aliphatic heterocycles. The lowest BCUT2D eigenvalue weighted by atomic mass is 9.77. The number of benzene rings is 1. The number of hydrogen-bond acceptors (Lipinski definition) is 7. The summed E-state index contributed by atoms with van der Waals surface area (Å²) in [7, 11) is -3.82. The standard InChI is InChI=1S/C27H33ClF2N6O4S/c28-23-13-19(27(29,30)18-3-1-17(2-4-18)26(32)38)14-24(33-23)34-9-11-35(12-10-34)41(39,40)22-7-5-21(6-8-22)36-16-20(31)15-25(36)37/h5-8,13-14,17-18,20H,1-4,9-12,15-16,31H2,(H2,32,38)/t17?,18?,20-/m1/s1. The summed E-state index contributed by atoms with van der Waals surface area (Å²) in [6.45, 7) is 1.11. The van der Waals surface area contributed by atoms with Crippen LogP contribution in [-0.4, -0.2) is 68.3 Å². The van der Waals surface area contributed by atoms with Crippen LogP contribution in [0, 0.1) is 11.8 Å². The van der Waals surface area contributed by atoms with E-state index in [1.54, 1.807) is 21.9 Å². The Morgan fingerprint density at radius 3 is 2.22 bits per heavy atom. The number of hydrogen-bond donors (Lipinski definition) is 2. The maximum atomic E-state index is 15.5. The van der Waals surface area contributed by atoms with E-state index in [0.29, 0.717) is 25.1 Å². The first kappa shape index (κ1) is 29.6. The van der Waals surface area contributed by atoms with E-state index < -0.39 is 27.8 Å². The molecule has 0 spiro atoms. The summed E-state index contributed by atoms with van der Waals surface area (Å²) in [5, 5.41) is -0.0735. The molecule has 1 aliphatic carbocycles. The van der Waals surface area contributed by atoms with Gasteiger partial charge in [-0.2, -0.15) is 4.31 Å². The molecule has 3 heterocycles. The highest BCUT2D eigenvalue weighted by Gasteiger charge is 2.44. The van der Waals surface area contributed by atoms with Crippen LogP contribution in [0.4, 0.5) is 20.3 Å². The number of aromatic nitrogens is 1. The zero-order valence-electron chi connectivity index (χ0n) is 22.4. The molecule has 1 atom stereocenters. The van der Waals surface area contributed by atoms with Gasteiger partial charge in [0.15, 0.2) is 0 Å². The SMILES string of the molecule is NC(=O)C1CCC(C(F)(F)c2cc(Cl)nc(N3CCN(S(=O)(=O)c4ccc(N5C[C@H](N)CC5=O)cc4)CC3)c2)CC1. The van der Waals surface area contributed by atoms with E-state index in [-0.39, 0.29) is 84.7 Å². The molecule has 1 saturated carbocycles. The van der Waals surface area contributed by atoms with E-state index in [9.17, 15) is 18.0 Å². The minimum absolute atomic E-state index is 0.0735. The molecule has 0 bridgehead atoms. The van der Waals surface area contributed by atoms with Crippen molar-refractivity contribution in [1.29, 1.82) is 0 Å². The van der Waals surface area contributed by atoms with Crippen LogP contribution in [0.25, 0.3) is 0 Å². The van der Waals surface area contributed by atoms with Crippen LogP contribution < -0.4 is 21.3 Å². The Balaban J connectivity index is 1.25. The highest BCUT2D eigenvalue weighted by atomic mass is 35.5. The van der Waals surface area contributed by atoms with Gasteiger partial charge in [-0.3, -0.25) is 9.59 Å². The van der Waals surface area contributed by atoms with Crippen molar-refractivity contribution in [1.82, 2.24) is 9.29 Å². The van der Waals surface area contributed by atoms with E-state index in [1.165, 1.54) is 28.6 Å². The molecule has 2 saturated heterocycles. The summed E-state index contributed by atoms with van der Waals surface area (Å²) in [5.74, 6) is -4.80. The van der Waals surface area contributed by atoms with Crippen LogP contribution in [0.2, 0.25) is 5.15 Å². The summed E-state index contributed by atoms with van der Waals surface area (Å²) >= 11 is 6.17. The Bertz CT molecular complexity index is 1410. The number of rotatable bonds is 7. The number of nitrogens with zero attached hydrogens (tertiary/aromatic N) is 4. The van der Waals surface area contributed by atoms with Crippen molar-refractivity contribution in [3.8, 4) is 0 Å². The minimum Gasteiger partial charge on any atom is -0.369 e. The number of piperazine rings is 1. The largest absolute Gasteiger partial charge is 0.369 e. The first-order valence-electron chi connectivity index (χ1n) is 13.6. The summed E-state index contributed by atoms with van der Waals surface area (Å²) in [6, 6.07) is 8.37. The fourth-order valence-electron chi connectivity index (χ4n) is 5.90. The van der Waals surface area contributed by atoms with Crippen LogP contribution in [0.15, 0.2) is 41.3 Å². The van der Waals surface area contributed by atoms with Crippen molar-refractivity contribution in [2.24, 2.45) is 23.3 Å². The number of nitrogens with two attached hydrogens (primary N) is 2. The van der Waals surface area contributed by atoms with Gasteiger partial charge in [-0.05, 0) is 62.1 Å². The second-order valence-electron chi connectivity index (χ2n) is 11.0. The number of pyridine rings is 1. The van der Waals surface area contributed by atoms with E-state index in [1.807, 2.05) is 0 Å². The predicted octanol–water partition coefficient (Wildman–Crippen LogP) is 2.69. The first-order valence-corrected chi connectivity index (χ1v) is 15.4. The van der Waals surface area contributed by atoms with Crippen molar-refractivity contribution in [2.75, 3.05) is 42.5 Å². The molecule has 14 heteroatoms. The van der Waals surface area contributed by atoms with Crippen molar-refractivity contribution in [3.05, 3.63) is 47.1 Å². The number of carbonyl (C=O) groups is 2. The molecule has 3 aliphatic rings. The molecule has 222 valence electrons. The van der Waals surface area contributed by atoms with Crippen LogP contribution in [-0.2, 0) is 25.5 Å². The monoisotopic (exact) mass is 610 g/mol. The third-order valence-corrected chi connectivity index (χ3v) is 10.4. The molecule has 2 amide bonds. The van der Waals surface area contributed by atoms with Gasteiger partial charge >= 0.3 is 0 Å². The van der Waals surface area contributed by atoms with Gasteiger partial charge in [-0.1, -0.05) is 11.6 Å². The van der Waals surface area contributed by atoms with E-state index in [4.69, 9.17) is 23.1 Å². The Kier molecular flexibility index (Phi) is 8.25. The third-order valence-electron chi connectivity index (χ3n) is 8.31. The quantitative estimate of drug-likeness (QED) is 0.459. The van der Waals surface area contributed by atoms with Gasteiger partial charge in [0.25, 0.3) is 5.92 Å². The summed E-state index contributed by atoms with van der Waals surface area (Å²) in [5.41, 5.74) is 11.5. The molecule has 10 nitrogen and oxygen atoms in total. The lowest BCUT2D eigenvalue weighted by Crippen LogP contribution is -2.49. The number of sulfonamides is 1. The lowest BCUT2D eigenvalue weighted by molar-refractivity contribution is -0.126. The van der Waals surface area contributed by atoms with Gasteiger partial charge in [-0.25, -0.2) is 22.2 Å². The Morgan fingerprint density at radius 1 is 1.02 bits per heavy atom. The van der Waals surface area contributed by atoms with Gasteiger partial charge in [0.2, 0.25) is 21.8 Å². The normalized spacial score (nSPS) is 24.6. The number of amides is 2. The smallest absolute Gasteiger partial charge is 0.276 e. The summed E-state index contributed by atoms with van der Waals surface area (Å²) < 4.78 is 59.0. The molecule has 3 fully saturated rings. The Labute approximate surface area is 242 Å². The average molecular weight is 611 g/mol. The fourth-order valence-corrected chi connectivity index (χ4v) is 7.53. The van der Waals surface area contributed by atoms with E-state index >= 15 is 8.78 Å². The van der Waals surface area contributed by atoms with Crippen molar-refractivity contribution >= 4 is 44.9 Å².